The van der Waals surface area contributed by atoms with Gasteiger partial charge in [-0.15, -0.1) is 0 Å². The molecule has 0 aliphatic carbocycles. The largest absolute Gasteiger partial charge is 0.282 e. The summed E-state index contributed by atoms with van der Waals surface area (Å²) < 4.78 is 0. The Labute approximate surface area is 50.4 Å². The van der Waals surface area contributed by atoms with Gasteiger partial charge in [-0.2, -0.15) is 5.11 Å². The summed E-state index contributed by atoms with van der Waals surface area (Å²) >= 11 is 0. The highest BCUT2D eigenvalue weighted by molar-refractivity contribution is 4.35. The lowest BCUT2D eigenvalue weighted by atomic mass is 10.5. The highest BCUT2D eigenvalue weighted by atomic mass is 15.5. The zero-order valence-electron chi connectivity index (χ0n) is 5.76. The highest BCUT2D eigenvalue weighted by Gasteiger charge is 1.85. The van der Waals surface area contributed by atoms with Gasteiger partial charge < -0.3 is 0 Å². The molecule has 0 atom stereocenters. The van der Waals surface area contributed by atoms with Gasteiger partial charge in [0.1, 0.15) is 0 Å². The topological polar surface area (TPSA) is 28.0 Å². The molecule has 0 bridgehead atoms. The van der Waals surface area contributed by atoms with Crippen molar-refractivity contribution in [3.8, 4) is 0 Å². The molecular formula is C5H13N3. The van der Waals surface area contributed by atoms with E-state index in [0.29, 0.717) is 0 Å². The fourth-order valence-electron chi connectivity index (χ4n) is 0.521. The minimum absolute atomic E-state index is 0.983. The molecule has 0 heterocycles. The van der Waals surface area contributed by atoms with Crippen LogP contribution in [0.15, 0.2) is 10.3 Å². The first-order valence-electron chi connectivity index (χ1n) is 2.82. The Bertz CT molecular complexity index is 70.1. The van der Waals surface area contributed by atoms with Gasteiger partial charge in [0.25, 0.3) is 0 Å². The van der Waals surface area contributed by atoms with Crippen LogP contribution < -0.4 is 0 Å². The van der Waals surface area contributed by atoms with Crippen molar-refractivity contribution in [1.29, 1.82) is 0 Å². The third-order valence-corrected chi connectivity index (χ3v) is 0.789. The molecule has 48 valence electrons. The lowest BCUT2D eigenvalue weighted by Crippen LogP contribution is -2.10. The predicted molar refractivity (Wildman–Crippen MR) is 33.7 cm³/mol. The summed E-state index contributed by atoms with van der Waals surface area (Å²) in [6, 6.07) is 0. The number of hydrogen-bond acceptors (Lipinski definition) is 2. The Kier molecular flexibility index (Phi) is 4.21. The minimum atomic E-state index is 0.983. The van der Waals surface area contributed by atoms with Crippen LogP contribution in [-0.2, 0) is 0 Å². The van der Waals surface area contributed by atoms with E-state index in [1.165, 1.54) is 0 Å². The second-order valence-electron chi connectivity index (χ2n) is 1.67. The maximum atomic E-state index is 3.77. The van der Waals surface area contributed by atoms with Gasteiger partial charge in [0, 0.05) is 13.6 Å². The van der Waals surface area contributed by atoms with Crippen molar-refractivity contribution in [2.75, 3.05) is 20.6 Å². The maximum absolute atomic E-state index is 3.77. The summed E-state index contributed by atoms with van der Waals surface area (Å²) in [5.41, 5.74) is 0. The van der Waals surface area contributed by atoms with Crippen LogP contribution in [0.2, 0.25) is 0 Å². The Morgan fingerprint density at radius 3 is 2.50 bits per heavy atom. The lowest BCUT2D eigenvalue weighted by molar-refractivity contribution is 0.330. The second-order valence-corrected chi connectivity index (χ2v) is 1.67. The van der Waals surface area contributed by atoms with E-state index in [-0.39, 0.29) is 0 Å². The Morgan fingerprint density at radius 1 is 1.50 bits per heavy atom. The van der Waals surface area contributed by atoms with E-state index >= 15 is 0 Å². The van der Waals surface area contributed by atoms with Gasteiger partial charge in [-0.3, -0.25) is 5.01 Å². The normalized spacial score (nSPS) is 10.4. The van der Waals surface area contributed by atoms with Crippen molar-refractivity contribution < 1.29 is 0 Å². The molecule has 0 aliphatic rings. The highest BCUT2D eigenvalue weighted by Crippen LogP contribution is 1.85. The van der Waals surface area contributed by atoms with Crippen LogP contribution in [0.25, 0.3) is 0 Å². The van der Waals surface area contributed by atoms with Gasteiger partial charge in [0.05, 0.1) is 7.05 Å². The molecule has 3 heteroatoms. The second kappa shape index (κ2) is 4.56. The average molecular weight is 115 g/mol. The zero-order chi connectivity index (χ0) is 6.41. The molecule has 0 saturated heterocycles. The third-order valence-electron chi connectivity index (χ3n) is 0.789. The fourth-order valence-corrected chi connectivity index (χ4v) is 0.521. The molecule has 0 rings (SSSR count). The third kappa shape index (κ3) is 3.59. The Balaban J connectivity index is 3.17. The molecule has 0 radical (unpaired) electrons. The van der Waals surface area contributed by atoms with Crippen LogP contribution in [0.3, 0.4) is 0 Å². The van der Waals surface area contributed by atoms with E-state index in [9.17, 15) is 0 Å². The van der Waals surface area contributed by atoms with Crippen LogP contribution in [-0.4, -0.2) is 25.6 Å². The molecule has 0 fully saturated rings. The fraction of sp³-hybridized carbons (Fsp3) is 1.00. The predicted octanol–water partition coefficient (Wildman–Crippen LogP) is 1.33. The molecule has 0 aromatic carbocycles. The van der Waals surface area contributed by atoms with Gasteiger partial charge >= 0.3 is 0 Å². The summed E-state index contributed by atoms with van der Waals surface area (Å²) in [5, 5.41) is 9.20. The van der Waals surface area contributed by atoms with Crippen LogP contribution in [0, 0.1) is 0 Å². The number of rotatable bonds is 3. The molecule has 0 aromatic heterocycles. The minimum Gasteiger partial charge on any atom is -0.282 e. The molecule has 0 amide bonds. The molecule has 8 heavy (non-hydrogen) atoms. The smallest absolute Gasteiger partial charge is 0.0509 e. The molecule has 0 aromatic rings. The van der Waals surface area contributed by atoms with Gasteiger partial charge in [-0.1, -0.05) is 12.1 Å². The summed E-state index contributed by atoms with van der Waals surface area (Å²) in [4.78, 5) is 0. The molecule has 0 N–H and O–H groups in total. The molecule has 0 unspecified atom stereocenters. The van der Waals surface area contributed by atoms with E-state index in [4.69, 9.17) is 0 Å². The van der Waals surface area contributed by atoms with Crippen molar-refractivity contribution in [3.05, 3.63) is 0 Å². The first-order valence-corrected chi connectivity index (χ1v) is 2.82. The van der Waals surface area contributed by atoms with Gasteiger partial charge in [0.15, 0.2) is 0 Å². The van der Waals surface area contributed by atoms with Crippen LogP contribution >= 0.6 is 0 Å². The van der Waals surface area contributed by atoms with E-state index in [0.717, 1.165) is 13.0 Å². The van der Waals surface area contributed by atoms with E-state index in [1.54, 1.807) is 7.05 Å². The summed E-state index contributed by atoms with van der Waals surface area (Å²) in [6.45, 7) is 3.10. The van der Waals surface area contributed by atoms with Crippen molar-refractivity contribution >= 4 is 0 Å². The first-order chi connectivity index (χ1) is 3.81. The van der Waals surface area contributed by atoms with E-state index in [1.807, 2.05) is 12.1 Å². The Hall–Kier alpha value is -0.600. The monoisotopic (exact) mass is 115 g/mol. The van der Waals surface area contributed by atoms with Crippen LogP contribution in [0.4, 0.5) is 0 Å². The standard InChI is InChI=1S/C5H13N3/c1-4-5-8(3)7-6-2/h4-5H2,1-3H3/b7-6-. The zero-order valence-corrected chi connectivity index (χ0v) is 5.76. The first kappa shape index (κ1) is 7.40. The van der Waals surface area contributed by atoms with E-state index < -0.39 is 0 Å². The molecular weight excluding hydrogens is 102 g/mol. The molecule has 0 saturated carbocycles. The van der Waals surface area contributed by atoms with Crippen molar-refractivity contribution in [1.82, 2.24) is 5.01 Å². The van der Waals surface area contributed by atoms with Crippen LogP contribution in [0.1, 0.15) is 13.3 Å². The maximum Gasteiger partial charge on any atom is 0.0509 e. The van der Waals surface area contributed by atoms with Crippen molar-refractivity contribution in [2.24, 2.45) is 10.3 Å². The summed E-state index contributed by atoms with van der Waals surface area (Å²) in [7, 11) is 3.59. The SMILES string of the molecule is CCCN(C)/N=N\C. The van der Waals surface area contributed by atoms with Crippen molar-refractivity contribution in [2.45, 2.75) is 13.3 Å². The summed E-state index contributed by atoms with van der Waals surface area (Å²) in [5.74, 6) is 0. The lowest BCUT2D eigenvalue weighted by Gasteiger charge is -2.06. The molecule has 0 spiro atoms. The molecule has 0 aliphatic heterocycles. The number of nitrogens with zero attached hydrogens (tertiary/aromatic N) is 3. The van der Waals surface area contributed by atoms with Gasteiger partial charge in [0.2, 0.25) is 0 Å². The van der Waals surface area contributed by atoms with E-state index in [2.05, 4.69) is 17.3 Å². The van der Waals surface area contributed by atoms with Gasteiger partial charge in [-0.05, 0) is 6.42 Å². The molecule has 3 nitrogen and oxygen atoms in total. The Morgan fingerprint density at radius 2 is 2.12 bits per heavy atom. The van der Waals surface area contributed by atoms with Crippen molar-refractivity contribution in [3.63, 3.8) is 0 Å². The van der Waals surface area contributed by atoms with Gasteiger partial charge in [-0.25, -0.2) is 0 Å². The number of hydrogen-bond donors (Lipinski definition) is 0. The van der Waals surface area contributed by atoms with Crippen LogP contribution in [0.5, 0.6) is 0 Å². The quantitative estimate of drug-likeness (QED) is 0.402. The summed E-state index contributed by atoms with van der Waals surface area (Å²) in [6.07, 6.45) is 1.12. The average Bonchev–Trinajstić information content (AvgIpc) is 1.68.